The maximum atomic E-state index is 13.2. The van der Waals surface area contributed by atoms with E-state index in [4.69, 9.17) is 23.2 Å². The van der Waals surface area contributed by atoms with Gasteiger partial charge < -0.3 is 0 Å². The molecule has 0 bridgehead atoms. The van der Waals surface area contributed by atoms with Crippen molar-refractivity contribution in [2.45, 2.75) is 19.3 Å². The average Bonchev–Trinajstić information content (AvgIpc) is 2.10. The first-order chi connectivity index (χ1) is 6.25. The van der Waals surface area contributed by atoms with Crippen LogP contribution in [0.2, 0.25) is 5.02 Å². The van der Waals surface area contributed by atoms with Crippen LogP contribution in [0, 0.1) is 5.82 Å². The molecule has 0 atom stereocenters. The second-order valence-corrected chi connectivity index (χ2v) is 3.63. The summed E-state index contributed by atoms with van der Waals surface area (Å²) in [5, 5.41) is 0.509. The lowest BCUT2D eigenvalue weighted by Gasteiger charge is -2.04. The van der Waals surface area contributed by atoms with E-state index in [1.165, 1.54) is 6.07 Å². The second-order valence-electron chi connectivity index (χ2n) is 2.85. The first-order valence-corrected chi connectivity index (χ1v) is 5.16. The molecule has 0 heterocycles. The maximum absolute atomic E-state index is 13.2. The Labute approximate surface area is 87.7 Å². The number of unbranched alkanes of at least 4 members (excludes halogenated alkanes) is 1. The summed E-state index contributed by atoms with van der Waals surface area (Å²) in [5.74, 6) is 0.397. The minimum atomic E-state index is -0.220. The van der Waals surface area contributed by atoms with Crippen LogP contribution in [0.15, 0.2) is 18.2 Å². The summed E-state index contributed by atoms with van der Waals surface area (Å²) >= 11 is 11.4. The highest BCUT2D eigenvalue weighted by atomic mass is 35.5. The Bertz CT molecular complexity index is 253. The Hall–Kier alpha value is -0.270. The molecule has 0 aromatic heterocycles. The molecule has 0 unspecified atom stereocenters. The molecular weight excluding hydrogens is 210 g/mol. The first-order valence-electron chi connectivity index (χ1n) is 4.24. The smallest absolute Gasteiger partial charge is 0.127 e. The lowest BCUT2D eigenvalue weighted by Crippen LogP contribution is -1.92. The van der Waals surface area contributed by atoms with Gasteiger partial charge in [0.25, 0.3) is 0 Å². The first kappa shape index (κ1) is 10.8. The summed E-state index contributed by atoms with van der Waals surface area (Å²) in [6.45, 7) is 0. The van der Waals surface area contributed by atoms with Crippen LogP contribution in [-0.2, 0) is 6.42 Å². The van der Waals surface area contributed by atoms with E-state index in [0.717, 1.165) is 12.8 Å². The molecule has 0 saturated carbocycles. The molecule has 0 aliphatic heterocycles. The summed E-state index contributed by atoms with van der Waals surface area (Å²) in [7, 11) is 0. The molecular formula is C10H11Cl2F. The predicted molar refractivity (Wildman–Crippen MR) is 55.1 cm³/mol. The van der Waals surface area contributed by atoms with E-state index in [1.54, 1.807) is 12.1 Å². The fourth-order valence-corrected chi connectivity index (χ4v) is 1.61. The molecule has 0 amide bonds. The molecule has 1 rings (SSSR count). The van der Waals surface area contributed by atoms with Gasteiger partial charge in [-0.05, 0) is 31.4 Å². The van der Waals surface area contributed by atoms with Gasteiger partial charge in [0.05, 0.1) is 0 Å². The topological polar surface area (TPSA) is 0 Å². The van der Waals surface area contributed by atoms with Crippen molar-refractivity contribution >= 4 is 23.2 Å². The van der Waals surface area contributed by atoms with E-state index >= 15 is 0 Å². The van der Waals surface area contributed by atoms with Gasteiger partial charge in [0.1, 0.15) is 5.82 Å². The van der Waals surface area contributed by atoms with E-state index in [0.29, 0.717) is 22.9 Å². The van der Waals surface area contributed by atoms with Gasteiger partial charge in [-0.25, -0.2) is 4.39 Å². The van der Waals surface area contributed by atoms with Gasteiger partial charge in [0.15, 0.2) is 0 Å². The summed E-state index contributed by atoms with van der Waals surface area (Å²) < 4.78 is 13.2. The highest BCUT2D eigenvalue weighted by molar-refractivity contribution is 6.31. The molecule has 0 N–H and O–H groups in total. The third kappa shape index (κ3) is 3.17. The van der Waals surface area contributed by atoms with Crippen LogP contribution in [0.1, 0.15) is 18.4 Å². The van der Waals surface area contributed by atoms with Crippen LogP contribution in [0.3, 0.4) is 0 Å². The zero-order chi connectivity index (χ0) is 9.68. The van der Waals surface area contributed by atoms with Crippen molar-refractivity contribution in [3.05, 3.63) is 34.6 Å². The van der Waals surface area contributed by atoms with E-state index in [2.05, 4.69) is 0 Å². The molecule has 0 saturated heterocycles. The third-order valence-corrected chi connectivity index (χ3v) is 2.49. The fourth-order valence-electron chi connectivity index (χ4n) is 1.17. The van der Waals surface area contributed by atoms with E-state index in [1.807, 2.05) is 0 Å². The van der Waals surface area contributed by atoms with E-state index < -0.39 is 0 Å². The standard InChI is InChI=1S/C10H11Cl2F/c11-7-2-1-4-8-9(12)5-3-6-10(8)13/h3,5-6H,1-2,4,7H2. The number of hydrogen-bond donors (Lipinski definition) is 0. The predicted octanol–water partition coefficient (Wildman–Crippen LogP) is 4.04. The van der Waals surface area contributed by atoms with Crippen molar-refractivity contribution in [1.82, 2.24) is 0 Å². The molecule has 13 heavy (non-hydrogen) atoms. The lowest BCUT2D eigenvalue weighted by molar-refractivity contribution is 0.603. The normalized spacial score (nSPS) is 10.4. The summed E-state index contributed by atoms with van der Waals surface area (Å²) in [5.41, 5.74) is 0.606. The molecule has 0 radical (unpaired) electrons. The molecule has 72 valence electrons. The highest BCUT2D eigenvalue weighted by Gasteiger charge is 2.05. The maximum Gasteiger partial charge on any atom is 0.127 e. The van der Waals surface area contributed by atoms with Crippen LogP contribution in [0.25, 0.3) is 0 Å². The van der Waals surface area contributed by atoms with Crippen molar-refractivity contribution in [3.63, 3.8) is 0 Å². The summed E-state index contributed by atoms with van der Waals surface area (Å²) in [6, 6.07) is 4.76. The monoisotopic (exact) mass is 220 g/mol. The fraction of sp³-hybridized carbons (Fsp3) is 0.400. The van der Waals surface area contributed by atoms with Gasteiger partial charge in [-0.1, -0.05) is 17.7 Å². The Morgan fingerprint density at radius 3 is 2.62 bits per heavy atom. The van der Waals surface area contributed by atoms with Gasteiger partial charge in [-0.2, -0.15) is 0 Å². The van der Waals surface area contributed by atoms with Crippen molar-refractivity contribution < 1.29 is 4.39 Å². The Balaban J connectivity index is 2.64. The van der Waals surface area contributed by atoms with Crippen molar-refractivity contribution in [2.24, 2.45) is 0 Å². The van der Waals surface area contributed by atoms with Gasteiger partial charge >= 0.3 is 0 Å². The van der Waals surface area contributed by atoms with Crippen LogP contribution in [0.5, 0.6) is 0 Å². The van der Waals surface area contributed by atoms with Gasteiger partial charge in [-0.3, -0.25) is 0 Å². The molecule has 1 aromatic carbocycles. The van der Waals surface area contributed by atoms with Gasteiger partial charge in [0.2, 0.25) is 0 Å². The number of benzene rings is 1. The van der Waals surface area contributed by atoms with Crippen molar-refractivity contribution in [2.75, 3.05) is 5.88 Å². The SMILES string of the molecule is Fc1cccc(Cl)c1CCCCCl. The summed E-state index contributed by atoms with van der Waals surface area (Å²) in [6.07, 6.45) is 2.44. The molecule has 0 aliphatic rings. The highest BCUT2D eigenvalue weighted by Crippen LogP contribution is 2.20. The molecule has 0 fully saturated rings. The van der Waals surface area contributed by atoms with Gasteiger partial charge in [0, 0.05) is 16.5 Å². The summed E-state index contributed by atoms with van der Waals surface area (Å²) in [4.78, 5) is 0. The van der Waals surface area contributed by atoms with Crippen LogP contribution >= 0.6 is 23.2 Å². The quantitative estimate of drug-likeness (QED) is 0.531. The minimum Gasteiger partial charge on any atom is -0.207 e. The zero-order valence-electron chi connectivity index (χ0n) is 7.19. The number of halogens is 3. The average molecular weight is 221 g/mol. The number of hydrogen-bond acceptors (Lipinski definition) is 0. The molecule has 0 aliphatic carbocycles. The Kier molecular flexibility index (Phi) is 4.54. The van der Waals surface area contributed by atoms with E-state index in [9.17, 15) is 4.39 Å². The van der Waals surface area contributed by atoms with Crippen molar-refractivity contribution in [1.29, 1.82) is 0 Å². The van der Waals surface area contributed by atoms with Crippen molar-refractivity contribution in [3.8, 4) is 0 Å². The molecule has 0 nitrogen and oxygen atoms in total. The van der Waals surface area contributed by atoms with Crippen LogP contribution in [0.4, 0.5) is 4.39 Å². The molecule has 0 spiro atoms. The second kappa shape index (κ2) is 5.46. The molecule has 3 heteroatoms. The Morgan fingerprint density at radius 2 is 2.00 bits per heavy atom. The largest absolute Gasteiger partial charge is 0.207 e. The van der Waals surface area contributed by atoms with Crippen LogP contribution < -0.4 is 0 Å². The Morgan fingerprint density at radius 1 is 1.23 bits per heavy atom. The third-order valence-electron chi connectivity index (χ3n) is 1.87. The molecule has 1 aromatic rings. The minimum absolute atomic E-state index is 0.220. The van der Waals surface area contributed by atoms with Crippen LogP contribution in [-0.4, -0.2) is 5.88 Å². The number of rotatable bonds is 4. The lowest BCUT2D eigenvalue weighted by atomic mass is 10.1. The number of alkyl halides is 1. The van der Waals surface area contributed by atoms with E-state index in [-0.39, 0.29) is 5.82 Å². The van der Waals surface area contributed by atoms with Gasteiger partial charge in [-0.15, -0.1) is 11.6 Å². The zero-order valence-corrected chi connectivity index (χ0v) is 8.71.